The van der Waals surface area contributed by atoms with Crippen molar-refractivity contribution in [3.8, 4) is 6.07 Å². The van der Waals surface area contributed by atoms with Crippen molar-refractivity contribution >= 4 is 11.8 Å². The first kappa shape index (κ1) is 10.5. The molecule has 0 fully saturated rings. The molecule has 2 atom stereocenters. The minimum Gasteiger partial charge on any atom is -0.465 e. The van der Waals surface area contributed by atoms with Gasteiger partial charge in [0.05, 0.1) is 17.8 Å². The predicted molar refractivity (Wildman–Crippen MR) is 56.1 cm³/mol. The highest BCUT2D eigenvalue weighted by Gasteiger charge is 2.37. The molecule has 2 rings (SSSR count). The molecule has 16 heavy (non-hydrogen) atoms. The third-order valence-corrected chi connectivity index (χ3v) is 2.71. The Balaban J connectivity index is 2.42. The van der Waals surface area contributed by atoms with E-state index in [1.54, 1.807) is 30.3 Å². The van der Waals surface area contributed by atoms with Crippen LogP contribution in [0.25, 0.3) is 0 Å². The summed E-state index contributed by atoms with van der Waals surface area (Å²) in [4.78, 5) is 12.2. The third-order valence-electron chi connectivity index (χ3n) is 2.71. The van der Waals surface area contributed by atoms with Crippen molar-refractivity contribution in [2.75, 3.05) is 4.90 Å². The van der Waals surface area contributed by atoms with Gasteiger partial charge in [-0.2, -0.15) is 5.26 Å². The van der Waals surface area contributed by atoms with Gasteiger partial charge in [0.25, 0.3) is 0 Å². The minimum absolute atomic E-state index is 0.372. The lowest BCUT2D eigenvalue weighted by Crippen LogP contribution is -2.43. The van der Waals surface area contributed by atoms with E-state index in [0.29, 0.717) is 12.1 Å². The van der Waals surface area contributed by atoms with Crippen LogP contribution in [0.5, 0.6) is 0 Å². The van der Waals surface area contributed by atoms with Crippen LogP contribution in [-0.4, -0.2) is 28.5 Å². The second kappa shape index (κ2) is 3.83. The van der Waals surface area contributed by atoms with Crippen LogP contribution in [0, 0.1) is 11.3 Å². The number of aliphatic hydroxyl groups is 1. The summed E-state index contributed by atoms with van der Waals surface area (Å²) in [7, 11) is 0. The molecule has 0 spiro atoms. The van der Waals surface area contributed by atoms with Crippen LogP contribution in [-0.2, 0) is 6.42 Å². The Morgan fingerprint density at radius 3 is 2.88 bits per heavy atom. The highest BCUT2D eigenvalue weighted by atomic mass is 16.4. The number of anilines is 1. The third kappa shape index (κ3) is 1.49. The van der Waals surface area contributed by atoms with Gasteiger partial charge in [0, 0.05) is 0 Å². The molecule has 82 valence electrons. The van der Waals surface area contributed by atoms with Gasteiger partial charge in [-0.05, 0) is 18.1 Å². The first-order valence-corrected chi connectivity index (χ1v) is 4.83. The normalized spacial score (nSPS) is 20.0. The minimum atomic E-state index is -1.30. The molecule has 0 saturated heterocycles. The maximum atomic E-state index is 11.1. The van der Waals surface area contributed by atoms with Gasteiger partial charge in [-0.25, -0.2) is 4.79 Å². The molecule has 1 aromatic rings. The Morgan fingerprint density at radius 1 is 1.56 bits per heavy atom. The van der Waals surface area contributed by atoms with Gasteiger partial charge < -0.3 is 10.2 Å². The summed E-state index contributed by atoms with van der Waals surface area (Å²) in [5.74, 6) is 0. The molecule has 2 N–H and O–H groups in total. The van der Waals surface area contributed by atoms with E-state index in [0.717, 1.165) is 10.5 Å². The zero-order valence-electron chi connectivity index (χ0n) is 8.37. The molecule has 0 saturated carbocycles. The average molecular weight is 218 g/mol. The first-order valence-electron chi connectivity index (χ1n) is 4.83. The van der Waals surface area contributed by atoms with Gasteiger partial charge in [-0.15, -0.1) is 0 Å². The maximum Gasteiger partial charge on any atom is 0.412 e. The lowest BCUT2D eigenvalue weighted by atomic mass is 10.1. The molecular formula is C11H10N2O3. The summed E-state index contributed by atoms with van der Waals surface area (Å²) in [6.07, 6.45) is -2.08. The fraction of sp³-hybridized carbons (Fsp3) is 0.273. The Bertz CT molecular complexity index is 467. The summed E-state index contributed by atoms with van der Waals surface area (Å²) in [5, 5.41) is 27.2. The molecule has 5 heteroatoms. The van der Waals surface area contributed by atoms with E-state index in [1.807, 2.05) is 0 Å². The van der Waals surface area contributed by atoms with Gasteiger partial charge >= 0.3 is 6.09 Å². The van der Waals surface area contributed by atoms with Crippen LogP contribution in [0.4, 0.5) is 10.5 Å². The Kier molecular flexibility index (Phi) is 2.50. The summed E-state index contributed by atoms with van der Waals surface area (Å²) in [5.41, 5.74) is 1.39. The van der Waals surface area contributed by atoms with Crippen molar-refractivity contribution in [1.29, 1.82) is 5.26 Å². The highest BCUT2D eigenvalue weighted by Crippen LogP contribution is 2.33. The number of para-hydroxylation sites is 1. The van der Waals surface area contributed by atoms with Crippen LogP contribution in [0.2, 0.25) is 0 Å². The number of nitrogens with zero attached hydrogens (tertiary/aromatic N) is 2. The lowest BCUT2D eigenvalue weighted by molar-refractivity contribution is 0.173. The van der Waals surface area contributed by atoms with E-state index in [-0.39, 0.29) is 0 Å². The molecule has 1 amide bonds. The molecule has 0 aliphatic carbocycles. The van der Waals surface area contributed by atoms with E-state index in [1.165, 1.54) is 0 Å². The smallest absolute Gasteiger partial charge is 0.412 e. The lowest BCUT2D eigenvalue weighted by Gasteiger charge is -2.22. The number of carbonyl (C=O) groups is 1. The zero-order chi connectivity index (χ0) is 11.7. The summed E-state index contributed by atoms with van der Waals surface area (Å²) >= 11 is 0. The van der Waals surface area contributed by atoms with Crippen LogP contribution in [0.1, 0.15) is 5.56 Å². The molecule has 5 nitrogen and oxygen atoms in total. The van der Waals surface area contributed by atoms with Crippen molar-refractivity contribution in [1.82, 2.24) is 0 Å². The van der Waals surface area contributed by atoms with Gasteiger partial charge in [-0.1, -0.05) is 18.2 Å². The molecule has 1 unspecified atom stereocenters. The Hall–Kier alpha value is -2.06. The average Bonchev–Trinajstić information content (AvgIpc) is 2.67. The van der Waals surface area contributed by atoms with Crippen molar-refractivity contribution in [2.24, 2.45) is 0 Å². The number of rotatable bonds is 1. The van der Waals surface area contributed by atoms with Crippen molar-refractivity contribution < 1.29 is 15.0 Å². The van der Waals surface area contributed by atoms with Crippen molar-refractivity contribution in [3.63, 3.8) is 0 Å². The van der Waals surface area contributed by atoms with Crippen molar-refractivity contribution in [3.05, 3.63) is 29.8 Å². The molecule has 1 aliphatic rings. The molecule has 1 heterocycles. The van der Waals surface area contributed by atoms with Crippen molar-refractivity contribution in [2.45, 2.75) is 18.6 Å². The van der Waals surface area contributed by atoms with Gasteiger partial charge in [0.2, 0.25) is 0 Å². The van der Waals surface area contributed by atoms with E-state index in [2.05, 4.69) is 0 Å². The molecule has 0 aromatic heterocycles. The standard InChI is InChI=1S/C11H10N2O3/c12-6-10(14)9-5-7-3-1-2-4-8(7)13(9)11(15)16/h1-4,9-10,14H,5H2,(H,15,16)/t9?,10-/m0/s1. The Labute approximate surface area is 92.2 Å². The maximum absolute atomic E-state index is 11.1. The van der Waals surface area contributed by atoms with E-state index >= 15 is 0 Å². The zero-order valence-corrected chi connectivity index (χ0v) is 8.37. The summed E-state index contributed by atoms with van der Waals surface area (Å²) in [6.45, 7) is 0. The number of amides is 1. The number of aliphatic hydroxyl groups excluding tert-OH is 1. The quantitative estimate of drug-likeness (QED) is 0.688. The van der Waals surface area contributed by atoms with Crippen LogP contribution in [0.15, 0.2) is 24.3 Å². The first-order chi connectivity index (χ1) is 7.65. The fourth-order valence-corrected chi connectivity index (χ4v) is 2.00. The number of hydrogen-bond donors (Lipinski definition) is 2. The van der Waals surface area contributed by atoms with Gasteiger partial charge in [-0.3, -0.25) is 4.90 Å². The number of fused-ring (bicyclic) bond motifs is 1. The largest absolute Gasteiger partial charge is 0.465 e. The Morgan fingerprint density at radius 2 is 2.25 bits per heavy atom. The van der Waals surface area contributed by atoms with E-state index in [9.17, 15) is 9.90 Å². The monoisotopic (exact) mass is 218 g/mol. The van der Waals surface area contributed by atoms with E-state index in [4.69, 9.17) is 10.4 Å². The predicted octanol–water partition coefficient (Wildman–Crippen LogP) is 0.980. The number of hydrogen-bond acceptors (Lipinski definition) is 3. The fourth-order valence-electron chi connectivity index (χ4n) is 2.00. The molecule has 0 bridgehead atoms. The SMILES string of the molecule is N#C[C@H](O)C1Cc2ccccc2N1C(=O)O. The van der Waals surface area contributed by atoms with E-state index < -0.39 is 18.2 Å². The van der Waals surface area contributed by atoms with Gasteiger partial charge in [0.15, 0.2) is 6.10 Å². The second-order valence-corrected chi connectivity index (χ2v) is 3.63. The summed E-state index contributed by atoms with van der Waals surface area (Å²) in [6, 6.07) is 7.98. The van der Waals surface area contributed by atoms with Gasteiger partial charge in [0.1, 0.15) is 0 Å². The van der Waals surface area contributed by atoms with Crippen LogP contribution >= 0.6 is 0 Å². The van der Waals surface area contributed by atoms with Crippen LogP contribution in [0.3, 0.4) is 0 Å². The number of nitriles is 1. The molecular weight excluding hydrogens is 208 g/mol. The second-order valence-electron chi connectivity index (χ2n) is 3.63. The summed E-state index contributed by atoms with van der Waals surface area (Å²) < 4.78 is 0. The molecule has 0 radical (unpaired) electrons. The number of carboxylic acid groups (broad SMARTS) is 1. The highest BCUT2D eigenvalue weighted by molar-refractivity contribution is 5.90. The molecule has 1 aliphatic heterocycles. The molecule has 1 aromatic carbocycles. The van der Waals surface area contributed by atoms with Crippen LogP contribution < -0.4 is 4.90 Å². The topological polar surface area (TPSA) is 84.6 Å². The number of benzene rings is 1.